The minimum Gasteiger partial charge on any atom is -0.394 e. The number of nitrogens with zero attached hydrogens (tertiary/aromatic N) is 1. The minimum absolute atomic E-state index is 0.155. The molecule has 1 heterocycles. The van der Waals surface area contributed by atoms with Gasteiger partial charge in [0.05, 0.1) is 12.6 Å². The Hall–Kier alpha value is -1.95. The van der Waals surface area contributed by atoms with Crippen molar-refractivity contribution in [2.45, 2.75) is 25.8 Å². The predicted octanol–water partition coefficient (Wildman–Crippen LogP) is 1.06. The third-order valence-corrected chi connectivity index (χ3v) is 3.49. The first-order valence-electron chi connectivity index (χ1n) is 6.52. The van der Waals surface area contributed by atoms with Crippen LogP contribution in [0.4, 0.5) is 10.1 Å². The van der Waals surface area contributed by atoms with Gasteiger partial charge in [-0.2, -0.15) is 0 Å². The number of aliphatic hydroxyl groups is 1. The molecule has 1 aliphatic heterocycles. The van der Waals surface area contributed by atoms with Crippen molar-refractivity contribution < 1.29 is 19.1 Å². The quantitative estimate of drug-likeness (QED) is 0.796. The molecule has 108 valence electrons. The number of likely N-dealkylation sites (tertiary alicyclic amines) is 1. The van der Waals surface area contributed by atoms with Crippen LogP contribution in [-0.2, 0) is 9.59 Å². The number of rotatable bonds is 2. The molecule has 0 aliphatic carbocycles. The Bertz CT molecular complexity index is 533. The molecule has 6 heteroatoms. The van der Waals surface area contributed by atoms with Gasteiger partial charge in [-0.15, -0.1) is 0 Å². The van der Waals surface area contributed by atoms with Gasteiger partial charge in [0.2, 0.25) is 0 Å². The van der Waals surface area contributed by atoms with E-state index in [9.17, 15) is 14.0 Å². The average molecular weight is 280 g/mol. The lowest BCUT2D eigenvalue weighted by Crippen LogP contribution is -2.43. The van der Waals surface area contributed by atoms with Gasteiger partial charge in [0.15, 0.2) is 0 Å². The van der Waals surface area contributed by atoms with E-state index < -0.39 is 17.6 Å². The second-order valence-electron chi connectivity index (χ2n) is 4.89. The first kappa shape index (κ1) is 14.5. The molecule has 2 amide bonds. The van der Waals surface area contributed by atoms with Crippen molar-refractivity contribution >= 4 is 17.5 Å². The van der Waals surface area contributed by atoms with Gasteiger partial charge >= 0.3 is 11.8 Å². The summed E-state index contributed by atoms with van der Waals surface area (Å²) in [7, 11) is 0. The van der Waals surface area contributed by atoms with E-state index >= 15 is 0 Å². The van der Waals surface area contributed by atoms with Gasteiger partial charge in [-0.1, -0.05) is 6.07 Å². The number of halogens is 1. The molecule has 1 aromatic rings. The van der Waals surface area contributed by atoms with Crippen molar-refractivity contribution in [1.29, 1.82) is 0 Å². The number of carbonyl (C=O) groups excluding carboxylic acids is 2. The van der Waals surface area contributed by atoms with Crippen LogP contribution < -0.4 is 5.32 Å². The van der Waals surface area contributed by atoms with Gasteiger partial charge in [0.25, 0.3) is 0 Å². The molecule has 1 atom stereocenters. The largest absolute Gasteiger partial charge is 0.394 e. The van der Waals surface area contributed by atoms with Crippen molar-refractivity contribution in [3.05, 3.63) is 29.6 Å². The predicted molar refractivity (Wildman–Crippen MR) is 71.6 cm³/mol. The van der Waals surface area contributed by atoms with Crippen molar-refractivity contribution in [3.63, 3.8) is 0 Å². The summed E-state index contributed by atoms with van der Waals surface area (Å²) in [5.41, 5.74) is 0.954. The highest BCUT2D eigenvalue weighted by atomic mass is 19.1. The summed E-state index contributed by atoms with van der Waals surface area (Å²) in [6.07, 6.45) is 1.46. The van der Waals surface area contributed by atoms with Gasteiger partial charge in [-0.05, 0) is 37.5 Å². The van der Waals surface area contributed by atoms with Crippen LogP contribution in [0, 0.1) is 12.7 Å². The molecule has 0 bridgehead atoms. The zero-order valence-electron chi connectivity index (χ0n) is 11.2. The van der Waals surface area contributed by atoms with Crippen LogP contribution in [0.15, 0.2) is 18.2 Å². The van der Waals surface area contributed by atoms with Crippen LogP contribution >= 0.6 is 0 Å². The summed E-state index contributed by atoms with van der Waals surface area (Å²) in [5, 5.41) is 11.6. The smallest absolute Gasteiger partial charge is 0.313 e. The van der Waals surface area contributed by atoms with Crippen LogP contribution in [0.1, 0.15) is 18.4 Å². The van der Waals surface area contributed by atoms with E-state index in [1.807, 2.05) is 0 Å². The van der Waals surface area contributed by atoms with E-state index in [-0.39, 0.29) is 18.3 Å². The second-order valence-corrected chi connectivity index (χ2v) is 4.89. The fourth-order valence-corrected chi connectivity index (χ4v) is 2.33. The lowest BCUT2D eigenvalue weighted by Gasteiger charge is -2.22. The standard InChI is InChI=1S/C14H17FN2O3/c1-9-4-5-10(15)7-12(9)16-13(19)14(20)17-6-2-3-11(17)8-18/h4-5,7,11,18H,2-3,6,8H2,1H3,(H,16,19)/t11-/m1/s1. The summed E-state index contributed by atoms with van der Waals surface area (Å²) in [6.45, 7) is 2.02. The van der Waals surface area contributed by atoms with Crippen LogP contribution in [0.2, 0.25) is 0 Å². The highest BCUT2D eigenvalue weighted by Gasteiger charge is 2.32. The number of hydrogen-bond donors (Lipinski definition) is 2. The maximum Gasteiger partial charge on any atom is 0.313 e. The number of anilines is 1. The average Bonchev–Trinajstić information content (AvgIpc) is 2.90. The van der Waals surface area contributed by atoms with Gasteiger partial charge in [0.1, 0.15) is 5.82 Å². The third-order valence-electron chi connectivity index (χ3n) is 3.49. The van der Waals surface area contributed by atoms with Crippen LogP contribution in [0.5, 0.6) is 0 Å². The molecule has 0 saturated carbocycles. The molecule has 0 radical (unpaired) electrons. The summed E-state index contributed by atoms with van der Waals surface area (Å²) >= 11 is 0. The minimum atomic E-state index is -0.806. The highest BCUT2D eigenvalue weighted by Crippen LogP contribution is 2.19. The molecule has 5 nitrogen and oxygen atoms in total. The molecule has 1 saturated heterocycles. The fraction of sp³-hybridized carbons (Fsp3) is 0.429. The Kier molecular flexibility index (Phi) is 4.34. The maximum atomic E-state index is 13.1. The lowest BCUT2D eigenvalue weighted by molar-refractivity contribution is -0.144. The number of aliphatic hydroxyl groups excluding tert-OH is 1. The van der Waals surface area contributed by atoms with Gasteiger partial charge in [-0.25, -0.2) is 4.39 Å². The van der Waals surface area contributed by atoms with Crippen LogP contribution in [-0.4, -0.2) is 41.0 Å². The Morgan fingerprint density at radius 3 is 2.95 bits per heavy atom. The molecular formula is C14H17FN2O3. The highest BCUT2D eigenvalue weighted by molar-refractivity contribution is 6.39. The molecule has 20 heavy (non-hydrogen) atoms. The van der Waals surface area contributed by atoms with Crippen molar-refractivity contribution in [2.24, 2.45) is 0 Å². The van der Waals surface area contributed by atoms with E-state index in [2.05, 4.69) is 5.32 Å². The number of nitrogens with one attached hydrogen (secondary N) is 1. The van der Waals surface area contributed by atoms with Gasteiger partial charge in [-0.3, -0.25) is 9.59 Å². The summed E-state index contributed by atoms with van der Waals surface area (Å²) in [5.74, 6) is -1.97. The number of carbonyl (C=O) groups is 2. The number of aryl methyl sites for hydroxylation is 1. The van der Waals surface area contributed by atoms with Crippen molar-refractivity contribution in [2.75, 3.05) is 18.5 Å². The van der Waals surface area contributed by atoms with E-state index in [1.54, 1.807) is 6.92 Å². The summed E-state index contributed by atoms with van der Waals surface area (Å²) in [6, 6.07) is 3.69. The normalized spacial score (nSPS) is 18.1. The Labute approximate surface area is 116 Å². The summed E-state index contributed by atoms with van der Waals surface area (Å²) in [4.78, 5) is 25.3. The topological polar surface area (TPSA) is 69.6 Å². The first-order chi connectivity index (χ1) is 9.52. The SMILES string of the molecule is Cc1ccc(F)cc1NC(=O)C(=O)N1CCC[C@@H]1CO. The molecule has 0 spiro atoms. The van der Waals surface area contributed by atoms with E-state index in [0.717, 1.165) is 6.42 Å². The van der Waals surface area contributed by atoms with E-state index in [0.29, 0.717) is 18.5 Å². The van der Waals surface area contributed by atoms with Crippen LogP contribution in [0.25, 0.3) is 0 Å². The Morgan fingerprint density at radius 2 is 2.25 bits per heavy atom. The van der Waals surface area contributed by atoms with E-state index in [4.69, 9.17) is 5.11 Å². The summed E-state index contributed by atoms with van der Waals surface area (Å²) < 4.78 is 13.1. The molecule has 2 N–H and O–H groups in total. The number of benzene rings is 1. The fourth-order valence-electron chi connectivity index (χ4n) is 2.33. The third kappa shape index (κ3) is 2.96. The Balaban J connectivity index is 2.08. The molecule has 1 aromatic carbocycles. The van der Waals surface area contributed by atoms with Crippen molar-refractivity contribution in [1.82, 2.24) is 4.90 Å². The van der Waals surface area contributed by atoms with Crippen molar-refractivity contribution in [3.8, 4) is 0 Å². The van der Waals surface area contributed by atoms with Gasteiger partial charge < -0.3 is 15.3 Å². The number of amides is 2. The monoisotopic (exact) mass is 280 g/mol. The molecule has 1 aliphatic rings. The second kappa shape index (κ2) is 6.00. The molecule has 2 rings (SSSR count). The Morgan fingerprint density at radius 1 is 1.50 bits per heavy atom. The molecule has 1 fully saturated rings. The van der Waals surface area contributed by atoms with Crippen LogP contribution in [0.3, 0.4) is 0 Å². The lowest BCUT2D eigenvalue weighted by atomic mass is 10.2. The molecule has 0 unspecified atom stereocenters. The maximum absolute atomic E-state index is 13.1. The zero-order chi connectivity index (χ0) is 14.7. The number of hydrogen-bond acceptors (Lipinski definition) is 3. The van der Waals surface area contributed by atoms with E-state index in [1.165, 1.54) is 23.1 Å². The molecule has 0 aromatic heterocycles. The van der Waals surface area contributed by atoms with Gasteiger partial charge in [0, 0.05) is 12.2 Å². The first-order valence-corrected chi connectivity index (χ1v) is 6.52. The zero-order valence-corrected chi connectivity index (χ0v) is 11.2. The molecular weight excluding hydrogens is 263 g/mol.